The maximum absolute atomic E-state index is 5.69. The molecule has 0 spiro atoms. The van der Waals surface area contributed by atoms with Gasteiger partial charge in [0.05, 0.1) is 13.7 Å². The second-order valence-electron chi connectivity index (χ2n) is 5.81. The van der Waals surface area contributed by atoms with E-state index in [1.165, 1.54) is 0 Å². The number of guanidine groups is 1. The summed E-state index contributed by atoms with van der Waals surface area (Å²) in [7, 11) is 3.43. The largest absolute Gasteiger partial charge is 0.493 e. The smallest absolute Gasteiger partial charge is 0.191 e. The van der Waals surface area contributed by atoms with Gasteiger partial charge in [0.2, 0.25) is 0 Å². The minimum atomic E-state index is 0.656. The van der Waals surface area contributed by atoms with Crippen molar-refractivity contribution in [3.05, 3.63) is 42.2 Å². The Balaban J connectivity index is 1.78. The molecule has 7 nitrogen and oxygen atoms in total. The lowest BCUT2D eigenvalue weighted by molar-refractivity contribution is 0.294. The van der Waals surface area contributed by atoms with Crippen molar-refractivity contribution in [1.29, 1.82) is 0 Å². The molecule has 0 aliphatic rings. The molecule has 2 aromatic rings. The average molecular weight is 359 g/mol. The Morgan fingerprint density at radius 3 is 2.85 bits per heavy atom. The predicted octanol–water partition coefficient (Wildman–Crippen LogP) is 2.44. The Hall–Kier alpha value is -2.70. The molecule has 0 amide bonds. The third-order valence-corrected chi connectivity index (χ3v) is 3.79. The van der Waals surface area contributed by atoms with Gasteiger partial charge >= 0.3 is 0 Å². The van der Waals surface area contributed by atoms with Gasteiger partial charge in [-0.05, 0) is 36.6 Å². The number of aromatic nitrogens is 2. The Morgan fingerprint density at radius 2 is 2.15 bits per heavy atom. The summed E-state index contributed by atoms with van der Waals surface area (Å²) in [5.41, 5.74) is 1.10. The lowest BCUT2D eigenvalue weighted by atomic mass is 10.2. The van der Waals surface area contributed by atoms with E-state index in [2.05, 4.69) is 27.6 Å². The minimum Gasteiger partial charge on any atom is -0.493 e. The molecule has 0 radical (unpaired) electrons. The summed E-state index contributed by atoms with van der Waals surface area (Å²) in [4.78, 5) is 4.25. The minimum absolute atomic E-state index is 0.656. The van der Waals surface area contributed by atoms with Crippen molar-refractivity contribution in [2.45, 2.75) is 32.9 Å². The molecule has 2 rings (SSSR count). The molecule has 0 unspecified atom stereocenters. The molecule has 7 heteroatoms. The van der Waals surface area contributed by atoms with E-state index in [1.807, 2.05) is 35.1 Å². The number of rotatable bonds is 10. The maximum atomic E-state index is 5.69. The first-order valence-electron chi connectivity index (χ1n) is 8.98. The highest BCUT2D eigenvalue weighted by Gasteiger charge is 2.06. The number of hydrogen-bond donors (Lipinski definition) is 2. The highest BCUT2D eigenvalue weighted by molar-refractivity contribution is 5.79. The standard InChI is InChI=1S/C19H29N5O2/c1-4-13-26-17-8-7-16(14-18(17)25-3)15-22-19(20-2)21-9-5-11-24-12-6-10-23-24/h6-8,10,12,14H,4-5,9,11,13,15H2,1-3H3,(H2,20,21,22). The summed E-state index contributed by atoms with van der Waals surface area (Å²) in [6, 6.07) is 7.90. The van der Waals surface area contributed by atoms with Crippen molar-refractivity contribution in [3.8, 4) is 11.5 Å². The van der Waals surface area contributed by atoms with E-state index in [1.54, 1.807) is 20.4 Å². The number of hydrogen-bond acceptors (Lipinski definition) is 4. The number of aryl methyl sites for hydroxylation is 1. The summed E-state index contributed by atoms with van der Waals surface area (Å²) < 4.78 is 13.0. The number of nitrogens with one attached hydrogen (secondary N) is 2. The first-order chi connectivity index (χ1) is 12.8. The summed E-state index contributed by atoms with van der Waals surface area (Å²) in [6.07, 6.45) is 5.70. The molecule has 0 atom stereocenters. The third kappa shape index (κ3) is 6.31. The number of methoxy groups -OCH3 is 1. The highest BCUT2D eigenvalue weighted by Crippen LogP contribution is 2.28. The lowest BCUT2D eigenvalue weighted by Crippen LogP contribution is -2.37. The fourth-order valence-electron chi connectivity index (χ4n) is 2.44. The van der Waals surface area contributed by atoms with Gasteiger partial charge in [0, 0.05) is 39.1 Å². The second kappa shape index (κ2) is 11.0. The summed E-state index contributed by atoms with van der Waals surface area (Å²) in [6.45, 7) is 5.13. The molecule has 0 bridgehead atoms. The summed E-state index contributed by atoms with van der Waals surface area (Å²) in [5, 5.41) is 10.8. The van der Waals surface area contributed by atoms with Gasteiger partial charge in [0.1, 0.15) is 0 Å². The quantitative estimate of drug-likeness (QED) is 0.387. The molecule has 1 aromatic heterocycles. The topological polar surface area (TPSA) is 72.7 Å². The molecule has 2 N–H and O–H groups in total. The van der Waals surface area contributed by atoms with Crippen LogP contribution in [0.3, 0.4) is 0 Å². The predicted molar refractivity (Wildman–Crippen MR) is 104 cm³/mol. The highest BCUT2D eigenvalue weighted by atomic mass is 16.5. The van der Waals surface area contributed by atoms with E-state index >= 15 is 0 Å². The van der Waals surface area contributed by atoms with Crippen molar-refractivity contribution in [3.63, 3.8) is 0 Å². The third-order valence-electron chi connectivity index (χ3n) is 3.79. The van der Waals surface area contributed by atoms with Crippen molar-refractivity contribution in [2.24, 2.45) is 4.99 Å². The number of aliphatic imine (C=N–C) groups is 1. The van der Waals surface area contributed by atoms with E-state index in [9.17, 15) is 0 Å². The van der Waals surface area contributed by atoms with Crippen LogP contribution >= 0.6 is 0 Å². The average Bonchev–Trinajstić information content (AvgIpc) is 3.19. The van der Waals surface area contributed by atoms with E-state index in [4.69, 9.17) is 9.47 Å². The van der Waals surface area contributed by atoms with Crippen molar-refractivity contribution in [2.75, 3.05) is 27.3 Å². The van der Waals surface area contributed by atoms with Crippen molar-refractivity contribution in [1.82, 2.24) is 20.4 Å². The zero-order valence-corrected chi connectivity index (χ0v) is 15.9. The van der Waals surface area contributed by atoms with Crippen LogP contribution in [0.15, 0.2) is 41.7 Å². The van der Waals surface area contributed by atoms with Crippen LogP contribution in [0.25, 0.3) is 0 Å². The van der Waals surface area contributed by atoms with Crippen LogP contribution in [-0.4, -0.2) is 43.0 Å². The molecule has 1 aromatic carbocycles. The first kappa shape index (κ1) is 19.6. The Bertz CT molecular complexity index is 671. The van der Waals surface area contributed by atoms with Crippen LogP contribution in [0.2, 0.25) is 0 Å². The first-order valence-corrected chi connectivity index (χ1v) is 8.98. The van der Waals surface area contributed by atoms with Gasteiger partial charge in [-0.2, -0.15) is 5.10 Å². The van der Waals surface area contributed by atoms with Crippen molar-refractivity contribution >= 4 is 5.96 Å². The number of nitrogens with zero attached hydrogens (tertiary/aromatic N) is 3. The van der Waals surface area contributed by atoms with Crippen LogP contribution in [0.1, 0.15) is 25.3 Å². The zero-order valence-electron chi connectivity index (χ0n) is 15.9. The molecule has 1 heterocycles. The van der Waals surface area contributed by atoms with E-state index < -0.39 is 0 Å². The monoisotopic (exact) mass is 359 g/mol. The van der Waals surface area contributed by atoms with Gasteiger partial charge in [0.15, 0.2) is 17.5 Å². The van der Waals surface area contributed by atoms with Gasteiger partial charge < -0.3 is 20.1 Å². The summed E-state index contributed by atoms with van der Waals surface area (Å²) >= 11 is 0. The Morgan fingerprint density at radius 1 is 1.27 bits per heavy atom. The molecule has 0 aliphatic heterocycles. The van der Waals surface area contributed by atoms with Crippen LogP contribution in [0.4, 0.5) is 0 Å². The molecule has 0 saturated heterocycles. The Kier molecular flexibility index (Phi) is 8.32. The molecule has 0 fully saturated rings. The summed E-state index contributed by atoms with van der Waals surface area (Å²) in [5.74, 6) is 2.30. The molecule has 26 heavy (non-hydrogen) atoms. The Labute approximate surface area is 155 Å². The molecule has 0 aliphatic carbocycles. The van der Waals surface area contributed by atoms with Crippen LogP contribution < -0.4 is 20.1 Å². The number of ether oxygens (including phenoxy) is 2. The van der Waals surface area contributed by atoms with Crippen LogP contribution in [-0.2, 0) is 13.1 Å². The maximum Gasteiger partial charge on any atom is 0.191 e. The van der Waals surface area contributed by atoms with Crippen LogP contribution in [0, 0.1) is 0 Å². The normalized spacial score (nSPS) is 11.3. The van der Waals surface area contributed by atoms with Gasteiger partial charge in [0.25, 0.3) is 0 Å². The molecular weight excluding hydrogens is 330 g/mol. The van der Waals surface area contributed by atoms with Crippen molar-refractivity contribution < 1.29 is 9.47 Å². The van der Waals surface area contributed by atoms with Crippen LogP contribution in [0.5, 0.6) is 11.5 Å². The van der Waals surface area contributed by atoms with E-state index in [0.717, 1.165) is 49.0 Å². The van der Waals surface area contributed by atoms with E-state index in [0.29, 0.717) is 13.2 Å². The second-order valence-corrected chi connectivity index (χ2v) is 5.81. The van der Waals surface area contributed by atoms with Gasteiger partial charge in [-0.25, -0.2) is 0 Å². The molecule has 0 saturated carbocycles. The van der Waals surface area contributed by atoms with E-state index in [-0.39, 0.29) is 0 Å². The fraction of sp³-hybridized carbons (Fsp3) is 0.474. The molecule has 142 valence electrons. The zero-order chi connectivity index (χ0) is 18.6. The fourth-order valence-corrected chi connectivity index (χ4v) is 2.44. The SMILES string of the molecule is CCCOc1ccc(CNC(=NC)NCCCn2cccn2)cc1OC. The molecular formula is C19H29N5O2. The number of benzene rings is 1. The van der Waals surface area contributed by atoms with Gasteiger partial charge in [-0.15, -0.1) is 0 Å². The van der Waals surface area contributed by atoms with Gasteiger partial charge in [-0.1, -0.05) is 13.0 Å². The van der Waals surface area contributed by atoms with Gasteiger partial charge in [-0.3, -0.25) is 9.67 Å². The lowest BCUT2D eigenvalue weighted by Gasteiger charge is -2.14.